The van der Waals surface area contributed by atoms with Crippen molar-refractivity contribution in [2.45, 2.75) is 44.2 Å². The molecular formula is C17H18N6O2S2. The van der Waals surface area contributed by atoms with Crippen LogP contribution in [0.1, 0.15) is 41.9 Å². The first-order valence-electron chi connectivity index (χ1n) is 8.83. The summed E-state index contributed by atoms with van der Waals surface area (Å²) >= 11 is 3.11. The Labute approximate surface area is 162 Å². The molecule has 5 rings (SSSR count). The van der Waals surface area contributed by atoms with Crippen LogP contribution in [0.3, 0.4) is 0 Å². The number of aryl methyl sites for hydroxylation is 2. The van der Waals surface area contributed by atoms with E-state index in [1.165, 1.54) is 42.2 Å². The Kier molecular flexibility index (Phi) is 3.87. The molecule has 0 saturated carbocycles. The van der Waals surface area contributed by atoms with Crippen molar-refractivity contribution in [3.63, 3.8) is 0 Å². The maximum Gasteiger partial charge on any atom is 0.316 e. The Hall–Kier alpha value is -2.20. The SMILES string of the molecule is COC(=O)CSc1nnc2n3nc(C)nc3c3c4c(sc3n12)CCC[C@H]4C. The highest BCUT2D eigenvalue weighted by Gasteiger charge is 2.28. The predicted octanol–water partition coefficient (Wildman–Crippen LogP) is 3.00. The van der Waals surface area contributed by atoms with Gasteiger partial charge in [-0.3, -0.25) is 4.79 Å². The normalized spacial score (nSPS) is 17.1. The average molecular weight is 403 g/mol. The average Bonchev–Trinajstić information content (AvgIpc) is 3.33. The number of esters is 1. The van der Waals surface area contributed by atoms with E-state index in [2.05, 4.69) is 22.2 Å². The van der Waals surface area contributed by atoms with Gasteiger partial charge >= 0.3 is 5.97 Å². The molecule has 140 valence electrons. The van der Waals surface area contributed by atoms with Crippen molar-refractivity contribution in [3.05, 3.63) is 16.3 Å². The van der Waals surface area contributed by atoms with E-state index in [0.717, 1.165) is 22.3 Å². The predicted molar refractivity (Wildman–Crippen MR) is 104 cm³/mol. The molecule has 0 fully saturated rings. The minimum atomic E-state index is -0.287. The van der Waals surface area contributed by atoms with Gasteiger partial charge in [0.05, 0.1) is 18.2 Å². The molecule has 0 radical (unpaired) electrons. The minimum Gasteiger partial charge on any atom is -0.468 e. The third kappa shape index (κ3) is 2.46. The van der Waals surface area contributed by atoms with Gasteiger partial charge in [0.25, 0.3) is 5.78 Å². The molecule has 0 bridgehead atoms. The standard InChI is InChI=1S/C17H18N6O2S2/c1-8-5-4-6-10-12(8)13-14-18-9(2)21-23(14)16-19-20-17(22(16)15(13)27-10)26-7-11(24)25-3/h8H,4-7H2,1-3H3/t8-/m1/s1. The molecule has 0 saturated heterocycles. The van der Waals surface area contributed by atoms with Crippen LogP contribution in [-0.2, 0) is 16.0 Å². The summed E-state index contributed by atoms with van der Waals surface area (Å²) in [6.07, 6.45) is 3.48. The van der Waals surface area contributed by atoms with Crippen LogP contribution in [0.15, 0.2) is 5.16 Å². The van der Waals surface area contributed by atoms with Crippen molar-refractivity contribution in [2.24, 2.45) is 0 Å². The van der Waals surface area contributed by atoms with E-state index in [1.54, 1.807) is 15.9 Å². The molecular weight excluding hydrogens is 384 g/mol. The van der Waals surface area contributed by atoms with Crippen LogP contribution < -0.4 is 0 Å². The van der Waals surface area contributed by atoms with Crippen LogP contribution in [0.25, 0.3) is 21.6 Å². The highest BCUT2D eigenvalue weighted by atomic mass is 32.2. The number of thiophene rings is 1. The minimum absolute atomic E-state index is 0.189. The zero-order chi connectivity index (χ0) is 18.7. The molecule has 0 N–H and O–H groups in total. The second-order valence-corrected chi connectivity index (χ2v) is 8.82. The number of fused-ring (bicyclic) bond motifs is 8. The zero-order valence-corrected chi connectivity index (χ0v) is 16.9. The Morgan fingerprint density at radius 3 is 3.07 bits per heavy atom. The summed E-state index contributed by atoms with van der Waals surface area (Å²) in [6, 6.07) is 0. The summed E-state index contributed by atoms with van der Waals surface area (Å²) < 4.78 is 8.55. The maximum absolute atomic E-state index is 11.6. The van der Waals surface area contributed by atoms with Crippen LogP contribution in [-0.4, -0.2) is 48.0 Å². The number of carbonyl (C=O) groups is 1. The van der Waals surface area contributed by atoms with Gasteiger partial charge in [0.15, 0.2) is 10.8 Å². The maximum atomic E-state index is 11.6. The first-order chi connectivity index (χ1) is 13.1. The van der Waals surface area contributed by atoms with E-state index in [-0.39, 0.29) is 11.7 Å². The highest BCUT2D eigenvalue weighted by molar-refractivity contribution is 7.99. The van der Waals surface area contributed by atoms with Crippen LogP contribution in [0, 0.1) is 6.92 Å². The molecule has 0 spiro atoms. The number of carbonyl (C=O) groups excluding carboxylic acids is 1. The molecule has 0 unspecified atom stereocenters. The lowest BCUT2D eigenvalue weighted by atomic mass is 9.87. The zero-order valence-electron chi connectivity index (χ0n) is 15.2. The number of methoxy groups -OCH3 is 1. The summed E-state index contributed by atoms with van der Waals surface area (Å²) in [6.45, 7) is 4.17. The fourth-order valence-corrected chi connectivity index (χ4v) is 6.12. The van der Waals surface area contributed by atoms with Gasteiger partial charge in [-0.25, -0.2) is 9.38 Å². The Bertz CT molecular complexity index is 1210. The monoisotopic (exact) mass is 402 g/mol. The lowest BCUT2D eigenvalue weighted by Gasteiger charge is -2.18. The second kappa shape index (κ2) is 6.16. The molecule has 4 aromatic heterocycles. The van der Waals surface area contributed by atoms with Crippen molar-refractivity contribution in [1.29, 1.82) is 0 Å². The first kappa shape index (κ1) is 16.9. The second-order valence-electron chi connectivity index (χ2n) is 6.79. The molecule has 4 aromatic rings. The van der Waals surface area contributed by atoms with Crippen molar-refractivity contribution >= 4 is 50.7 Å². The summed E-state index contributed by atoms with van der Waals surface area (Å²) in [7, 11) is 1.39. The molecule has 0 aliphatic heterocycles. The molecule has 0 amide bonds. The Balaban J connectivity index is 1.85. The van der Waals surface area contributed by atoms with Crippen LogP contribution in [0.2, 0.25) is 0 Å². The number of nitrogens with zero attached hydrogens (tertiary/aromatic N) is 6. The van der Waals surface area contributed by atoms with Gasteiger partial charge in [-0.05, 0) is 37.7 Å². The highest BCUT2D eigenvalue weighted by Crippen LogP contribution is 2.44. The van der Waals surface area contributed by atoms with E-state index in [4.69, 9.17) is 9.72 Å². The third-order valence-electron chi connectivity index (χ3n) is 5.03. The van der Waals surface area contributed by atoms with Gasteiger partial charge in [0.1, 0.15) is 10.7 Å². The van der Waals surface area contributed by atoms with Gasteiger partial charge in [-0.2, -0.15) is 4.52 Å². The fourth-order valence-electron chi connectivity index (χ4n) is 3.84. The van der Waals surface area contributed by atoms with Crippen molar-refractivity contribution in [2.75, 3.05) is 12.9 Å². The topological polar surface area (TPSA) is 86.7 Å². The van der Waals surface area contributed by atoms with Crippen LogP contribution in [0.4, 0.5) is 0 Å². The van der Waals surface area contributed by atoms with Gasteiger partial charge in [0.2, 0.25) is 0 Å². The van der Waals surface area contributed by atoms with Crippen molar-refractivity contribution in [3.8, 4) is 0 Å². The number of aromatic nitrogens is 6. The lowest BCUT2D eigenvalue weighted by molar-refractivity contribution is -0.137. The lowest BCUT2D eigenvalue weighted by Crippen LogP contribution is -2.06. The smallest absolute Gasteiger partial charge is 0.316 e. The molecule has 1 aliphatic carbocycles. The fraction of sp³-hybridized carbons (Fsp3) is 0.471. The summed E-state index contributed by atoms with van der Waals surface area (Å²) in [5.41, 5.74) is 2.23. The molecule has 8 nitrogen and oxygen atoms in total. The third-order valence-corrected chi connectivity index (χ3v) is 7.18. The van der Waals surface area contributed by atoms with Gasteiger partial charge in [-0.1, -0.05) is 18.7 Å². The van der Waals surface area contributed by atoms with Crippen LogP contribution in [0.5, 0.6) is 0 Å². The van der Waals surface area contributed by atoms with Gasteiger partial charge in [0, 0.05) is 4.88 Å². The quantitative estimate of drug-likeness (QED) is 0.384. The van der Waals surface area contributed by atoms with Crippen molar-refractivity contribution < 1.29 is 9.53 Å². The molecule has 0 aromatic carbocycles. The van der Waals surface area contributed by atoms with E-state index in [9.17, 15) is 4.79 Å². The summed E-state index contributed by atoms with van der Waals surface area (Å²) in [5, 5.41) is 15.0. The molecule has 4 heterocycles. The largest absolute Gasteiger partial charge is 0.468 e. The van der Waals surface area contributed by atoms with Gasteiger partial charge < -0.3 is 4.74 Å². The number of ether oxygens (including phenoxy) is 1. The molecule has 10 heteroatoms. The number of hydrogen-bond acceptors (Lipinski definition) is 8. The number of thioether (sulfide) groups is 1. The molecule has 1 aliphatic rings. The van der Waals surface area contributed by atoms with Gasteiger partial charge in [-0.15, -0.1) is 26.6 Å². The Morgan fingerprint density at radius 2 is 2.26 bits per heavy atom. The molecule has 27 heavy (non-hydrogen) atoms. The number of hydrogen-bond donors (Lipinski definition) is 0. The van der Waals surface area contributed by atoms with Crippen molar-refractivity contribution in [1.82, 2.24) is 29.2 Å². The van der Waals surface area contributed by atoms with Crippen LogP contribution >= 0.6 is 23.1 Å². The van der Waals surface area contributed by atoms with E-state index < -0.39 is 0 Å². The first-order valence-corrected chi connectivity index (χ1v) is 10.6. The summed E-state index contributed by atoms with van der Waals surface area (Å²) in [5.74, 6) is 1.72. The van der Waals surface area contributed by atoms with E-state index >= 15 is 0 Å². The van der Waals surface area contributed by atoms with E-state index in [0.29, 0.717) is 22.7 Å². The van der Waals surface area contributed by atoms with E-state index in [1.807, 2.05) is 11.3 Å². The summed E-state index contributed by atoms with van der Waals surface area (Å²) in [4.78, 5) is 18.8. The Morgan fingerprint density at radius 1 is 1.41 bits per heavy atom. The number of rotatable bonds is 3. The molecule has 1 atom stereocenters.